The second-order valence-electron chi connectivity index (χ2n) is 4.78. The number of aldehydes is 1. The largest absolute Gasteiger partial charge is 0.325 e. The van der Waals surface area contributed by atoms with Crippen LogP contribution in [0.25, 0.3) is 10.8 Å². The van der Waals surface area contributed by atoms with Crippen molar-refractivity contribution in [1.29, 1.82) is 0 Å². The first kappa shape index (κ1) is 13.3. The Morgan fingerprint density at radius 3 is 2.67 bits per heavy atom. The van der Waals surface area contributed by atoms with E-state index in [1.807, 2.05) is 18.2 Å². The molecule has 0 aliphatic carbocycles. The van der Waals surface area contributed by atoms with Gasteiger partial charge in [0, 0.05) is 18.1 Å². The highest BCUT2D eigenvalue weighted by atomic mass is 16.1. The van der Waals surface area contributed by atoms with Crippen LogP contribution in [0.2, 0.25) is 0 Å². The maximum Gasteiger partial charge on any atom is 0.153 e. The molecular formula is C18H16N2O. The summed E-state index contributed by atoms with van der Waals surface area (Å²) in [5, 5.41) is 2.33. The normalized spacial score (nSPS) is 10.5. The van der Waals surface area contributed by atoms with Crippen LogP contribution in [-0.2, 0) is 0 Å². The average Bonchev–Trinajstić information content (AvgIpc) is 2.56. The number of carbonyl (C=O) groups is 1. The Hall–Kier alpha value is -2.68. The highest BCUT2D eigenvalue weighted by Crippen LogP contribution is 2.32. The standard InChI is InChI=1S/C18H16N2O/c1-2-20(18-15(13-21)9-6-12-19-18)17-11-5-8-14-7-3-4-10-16(14)17/h3-13H,2H2,1H3. The molecule has 0 saturated carbocycles. The molecule has 0 saturated heterocycles. The zero-order valence-electron chi connectivity index (χ0n) is 11.9. The second kappa shape index (κ2) is 5.75. The van der Waals surface area contributed by atoms with Crippen molar-refractivity contribution in [1.82, 2.24) is 4.98 Å². The van der Waals surface area contributed by atoms with Crippen LogP contribution in [0, 0.1) is 0 Å². The molecule has 3 heteroatoms. The lowest BCUT2D eigenvalue weighted by atomic mass is 10.1. The summed E-state index contributed by atoms with van der Waals surface area (Å²) in [6, 6.07) is 18.0. The Morgan fingerprint density at radius 1 is 1.05 bits per heavy atom. The summed E-state index contributed by atoms with van der Waals surface area (Å²) in [7, 11) is 0. The van der Waals surface area contributed by atoms with Gasteiger partial charge in [-0.2, -0.15) is 0 Å². The van der Waals surface area contributed by atoms with Crippen LogP contribution >= 0.6 is 0 Å². The zero-order valence-corrected chi connectivity index (χ0v) is 11.9. The van der Waals surface area contributed by atoms with E-state index >= 15 is 0 Å². The van der Waals surface area contributed by atoms with Crippen molar-refractivity contribution in [3.63, 3.8) is 0 Å². The summed E-state index contributed by atoms with van der Waals surface area (Å²) < 4.78 is 0. The van der Waals surface area contributed by atoms with E-state index in [-0.39, 0.29) is 0 Å². The molecule has 0 aliphatic heterocycles. The number of fused-ring (bicyclic) bond motifs is 1. The SMILES string of the molecule is CCN(c1ncccc1C=O)c1cccc2ccccc12. The smallest absolute Gasteiger partial charge is 0.153 e. The molecule has 0 N–H and O–H groups in total. The van der Waals surface area contributed by atoms with Gasteiger partial charge < -0.3 is 4.90 Å². The Bertz CT molecular complexity index is 778. The molecule has 3 aromatic rings. The third-order valence-corrected chi connectivity index (χ3v) is 3.57. The number of anilines is 2. The number of rotatable bonds is 4. The number of pyridine rings is 1. The van der Waals surface area contributed by atoms with Crippen LogP contribution < -0.4 is 4.90 Å². The van der Waals surface area contributed by atoms with Gasteiger partial charge in [0.15, 0.2) is 6.29 Å². The van der Waals surface area contributed by atoms with Crippen molar-refractivity contribution in [3.05, 3.63) is 66.4 Å². The lowest BCUT2D eigenvalue weighted by Crippen LogP contribution is -2.19. The van der Waals surface area contributed by atoms with Crippen LogP contribution in [0.3, 0.4) is 0 Å². The van der Waals surface area contributed by atoms with Crippen molar-refractivity contribution in [2.24, 2.45) is 0 Å². The number of benzene rings is 2. The van der Waals surface area contributed by atoms with Crippen LogP contribution in [0.15, 0.2) is 60.8 Å². The topological polar surface area (TPSA) is 33.2 Å². The summed E-state index contributed by atoms with van der Waals surface area (Å²) in [6.07, 6.45) is 2.58. The quantitative estimate of drug-likeness (QED) is 0.669. The molecule has 2 aromatic carbocycles. The Kier molecular flexibility index (Phi) is 3.65. The van der Waals surface area contributed by atoms with Crippen molar-refractivity contribution < 1.29 is 4.79 Å². The van der Waals surface area contributed by atoms with E-state index in [0.29, 0.717) is 11.4 Å². The highest BCUT2D eigenvalue weighted by molar-refractivity contribution is 5.97. The molecule has 0 spiro atoms. The minimum Gasteiger partial charge on any atom is -0.325 e. The van der Waals surface area contributed by atoms with Gasteiger partial charge in [-0.3, -0.25) is 4.79 Å². The van der Waals surface area contributed by atoms with Crippen molar-refractivity contribution in [2.75, 3.05) is 11.4 Å². The minimum atomic E-state index is 0.604. The van der Waals surface area contributed by atoms with Gasteiger partial charge in [0.1, 0.15) is 5.82 Å². The fourth-order valence-electron chi connectivity index (χ4n) is 2.60. The molecule has 1 heterocycles. The lowest BCUT2D eigenvalue weighted by Gasteiger charge is -2.24. The average molecular weight is 276 g/mol. The van der Waals surface area contributed by atoms with Crippen LogP contribution in [-0.4, -0.2) is 17.8 Å². The Labute approximate surface area is 123 Å². The van der Waals surface area contributed by atoms with Gasteiger partial charge in [-0.1, -0.05) is 36.4 Å². The van der Waals surface area contributed by atoms with Crippen LogP contribution in [0.5, 0.6) is 0 Å². The van der Waals surface area contributed by atoms with Crippen molar-refractivity contribution in [3.8, 4) is 0 Å². The Morgan fingerprint density at radius 2 is 1.86 bits per heavy atom. The molecule has 3 nitrogen and oxygen atoms in total. The summed E-state index contributed by atoms with van der Waals surface area (Å²) >= 11 is 0. The van der Waals surface area contributed by atoms with Gasteiger partial charge in [0.05, 0.1) is 11.3 Å². The predicted octanol–water partition coefficient (Wildman–Crippen LogP) is 4.21. The third-order valence-electron chi connectivity index (χ3n) is 3.57. The van der Waals surface area contributed by atoms with E-state index in [0.717, 1.165) is 23.9 Å². The molecule has 3 rings (SSSR count). The molecule has 0 aliphatic rings. The first-order chi connectivity index (χ1) is 10.3. The molecule has 0 atom stereocenters. The van der Waals surface area contributed by atoms with Gasteiger partial charge in [0.2, 0.25) is 0 Å². The molecule has 1 aromatic heterocycles. The molecule has 0 amide bonds. The van der Waals surface area contributed by atoms with Gasteiger partial charge >= 0.3 is 0 Å². The number of nitrogens with zero attached hydrogens (tertiary/aromatic N) is 2. The Balaban J connectivity index is 2.21. The van der Waals surface area contributed by atoms with Gasteiger partial charge in [-0.25, -0.2) is 4.98 Å². The third kappa shape index (κ3) is 2.38. The minimum absolute atomic E-state index is 0.604. The van der Waals surface area contributed by atoms with E-state index in [9.17, 15) is 4.79 Å². The van der Waals surface area contributed by atoms with Gasteiger partial charge in [0.25, 0.3) is 0 Å². The summed E-state index contributed by atoms with van der Waals surface area (Å²) in [6.45, 7) is 2.80. The summed E-state index contributed by atoms with van der Waals surface area (Å²) in [5.74, 6) is 0.700. The molecular weight excluding hydrogens is 260 g/mol. The molecule has 0 bridgehead atoms. The molecule has 0 radical (unpaired) electrons. The van der Waals surface area contributed by atoms with E-state index in [2.05, 4.69) is 41.1 Å². The maximum atomic E-state index is 11.3. The van der Waals surface area contributed by atoms with Crippen molar-refractivity contribution in [2.45, 2.75) is 6.92 Å². The zero-order chi connectivity index (χ0) is 14.7. The first-order valence-electron chi connectivity index (χ1n) is 7.00. The van der Waals surface area contributed by atoms with Crippen molar-refractivity contribution >= 4 is 28.6 Å². The second-order valence-corrected chi connectivity index (χ2v) is 4.78. The number of hydrogen-bond donors (Lipinski definition) is 0. The van der Waals surface area contributed by atoms with E-state index < -0.39 is 0 Å². The van der Waals surface area contributed by atoms with E-state index in [1.165, 1.54) is 5.39 Å². The van der Waals surface area contributed by atoms with E-state index in [1.54, 1.807) is 18.3 Å². The maximum absolute atomic E-state index is 11.3. The molecule has 21 heavy (non-hydrogen) atoms. The lowest BCUT2D eigenvalue weighted by molar-refractivity contribution is 0.112. The van der Waals surface area contributed by atoms with Gasteiger partial charge in [-0.15, -0.1) is 0 Å². The fraction of sp³-hybridized carbons (Fsp3) is 0.111. The van der Waals surface area contributed by atoms with Crippen LogP contribution in [0.1, 0.15) is 17.3 Å². The summed E-state index contributed by atoms with van der Waals surface area (Å²) in [5.41, 5.74) is 1.67. The first-order valence-corrected chi connectivity index (χ1v) is 7.00. The fourth-order valence-corrected chi connectivity index (χ4v) is 2.60. The van der Waals surface area contributed by atoms with E-state index in [4.69, 9.17) is 0 Å². The number of hydrogen-bond acceptors (Lipinski definition) is 3. The summed E-state index contributed by atoms with van der Waals surface area (Å²) in [4.78, 5) is 17.7. The van der Waals surface area contributed by atoms with Crippen LogP contribution in [0.4, 0.5) is 11.5 Å². The molecule has 104 valence electrons. The number of aromatic nitrogens is 1. The highest BCUT2D eigenvalue weighted by Gasteiger charge is 2.14. The molecule has 0 fully saturated rings. The predicted molar refractivity (Wildman–Crippen MR) is 86.3 cm³/mol. The number of carbonyl (C=O) groups excluding carboxylic acids is 1. The van der Waals surface area contributed by atoms with Gasteiger partial charge in [-0.05, 0) is 30.5 Å². The molecule has 0 unspecified atom stereocenters. The monoisotopic (exact) mass is 276 g/mol.